The average Bonchev–Trinajstić information content (AvgIpc) is 3.41. The van der Waals surface area contributed by atoms with Crippen molar-refractivity contribution in [3.63, 3.8) is 0 Å². The van der Waals surface area contributed by atoms with Crippen LogP contribution in [0.2, 0.25) is 0 Å². The Morgan fingerprint density at radius 2 is 1.91 bits per heavy atom. The quantitative estimate of drug-likeness (QED) is 0.623. The van der Waals surface area contributed by atoms with Crippen LogP contribution in [0.4, 0.5) is 13.2 Å². The predicted octanol–water partition coefficient (Wildman–Crippen LogP) is 2.79. The fourth-order valence-corrected chi connectivity index (χ4v) is 5.23. The van der Waals surface area contributed by atoms with Crippen LogP contribution in [0.25, 0.3) is 5.65 Å². The van der Waals surface area contributed by atoms with Crippen molar-refractivity contribution in [2.24, 2.45) is 11.7 Å². The molecular formula is C22H20F3N5O3. The molecule has 3 heterocycles. The summed E-state index contributed by atoms with van der Waals surface area (Å²) in [7, 11) is 0. The second-order valence-electron chi connectivity index (χ2n) is 8.81. The van der Waals surface area contributed by atoms with E-state index in [4.69, 9.17) is 5.73 Å². The number of nitrogens with zero attached hydrogens (tertiary/aromatic N) is 4. The largest absolute Gasteiger partial charge is 0.478 e. The topological polar surface area (TPSA) is 114 Å². The second kappa shape index (κ2) is 7.27. The Morgan fingerprint density at radius 3 is 2.61 bits per heavy atom. The molecule has 5 rings (SSSR count). The minimum Gasteiger partial charge on any atom is -0.478 e. The molecule has 33 heavy (non-hydrogen) atoms. The van der Waals surface area contributed by atoms with E-state index >= 15 is 0 Å². The van der Waals surface area contributed by atoms with Crippen molar-refractivity contribution >= 4 is 17.5 Å². The van der Waals surface area contributed by atoms with E-state index in [-0.39, 0.29) is 41.9 Å². The van der Waals surface area contributed by atoms with Crippen molar-refractivity contribution in [2.45, 2.75) is 30.5 Å². The summed E-state index contributed by atoms with van der Waals surface area (Å²) >= 11 is 0. The maximum Gasteiger partial charge on any atom is 0.416 e. The molecule has 3 aromatic rings. The minimum atomic E-state index is -4.44. The average molecular weight is 459 g/mol. The highest BCUT2D eigenvalue weighted by Gasteiger charge is 2.53. The van der Waals surface area contributed by atoms with Crippen LogP contribution in [0.15, 0.2) is 42.6 Å². The summed E-state index contributed by atoms with van der Waals surface area (Å²) < 4.78 is 41.8. The van der Waals surface area contributed by atoms with Gasteiger partial charge in [-0.25, -0.2) is 4.79 Å². The molecule has 8 nitrogen and oxygen atoms in total. The first-order valence-corrected chi connectivity index (χ1v) is 10.4. The van der Waals surface area contributed by atoms with Gasteiger partial charge < -0.3 is 15.7 Å². The normalized spacial score (nSPS) is 24.9. The molecule has 1 amide bonds. The molecule has 1 aliphatic heterocycles. The third-order valence-corrected chi connectivity index (χ3v) is 6.77. The Bertz CT molecular complexity index is 1270. The Morgan fingerprint density at radius 1 is 1.15 bits per heavy atom. The van der Waals surface area contributed by atoms with E-state index < -0.39 is 29.2 Å². The number of benzene rings is 1. The van der Waals surface area contributed by atoms with Crippen LogP contribution in [0.1, 0.15) is 50.9 Å². The minimum absolute atomic E-state index is 0.0175. The number of alkyl halides is 3. The van der Waals surface area contributed by atoms with Gasteiger partial charge in [-0.2, -0.15) is 13.2 Å². The van der Waals surface area contributed by atoms with E-state index in [1.54, 1.807) is 6.07 Å². The lowest BCUT2D eigenvalue weighted by Crippen LogP contribution is -2.45. The maximum atomic E-state index is 13.5. The fourth-order valence-electron chi connectivity index (χ4n) is 5.23. The zero-order valence-corrected chi connectivity index (χ0v) is 17.3. The van der Waals surface area contributed by atoms with E-state index in [0.29, 0.717) is 18.5 Å². The number of carbonyl (C=O) groups excluding carboxylic acids is 1. The zero-order chi connectivity index (χ0) is 23.5. The van der Waals surface area contributed by atoms with Crippen LogP contribution in [-0.4, -0.2) is 55.1 Å². The van der Waals surface area contributed by atoms with Gasteiger partial charge in [0.1, 0.15) is 0 Å². The molecule has 1 aromatic carbocycles. The van der Waals surface area contributed by atoms with E-state index in [0.717, 1.165) is 6.07 Å². The third kappa shape index (κ3) is 3.52. The summed E-state index contributed by atoms with van der Waals surface area (Å²) in [6.45, 7) is 0.461. The van der Waals surface area contributed by atoms with Gasteiger partial charge in [0.05, 0.1) is 11.1 Å². The van der Waals surface area contributed by atoms with Gasteiger partial charge in [-0.1, -0.05) is 18.2 Å². The molecule has 2 fully saturated rings. The number of carboxylic acid groups (broad SMARTS) is 1. The van der Waals surface area contributed by atoms with Crippen LogP contribution in [0.3, 0.4) is 0 Å². The van der Waals surface area contributed by atoms with Gasteiger partial charge >= 0.3 is 12.1 Å². The molecule has 3 N–H and O–H groups in total. The number of hydrogen-bond donors (Lipinski definition) is 2. The number of pyridine rings is 1. The lowest BCUT2D eigenvalue weighted by molar-refractivity contribution is -0.138. The van der Waals surface area contributed by atoms with Crippen molar-refractivity contribution in [2.75, 3.05) is 13.1 Å². The number of nitrogens with two attached hydrogens (primary N) is 1. The van der Waals surface area contributed by atoms with Gasteiger partial charge in [0, 0.05) is 24.8 Å². The molecule has 11 heteroatoms. The van der Waals surface area contributed by atoms with E-state index in [1.165, 1.54) is 39.8 Å². The van der Waals surface area contributed by atoms with Gasteiger partial charge in [-0.05, 0) is 48.4 Å². The van der Waals surface area contributed by atoms with Crippen molar-refractivity contribution in [3.05, 3.63) is 65.1 Å². The zero-order valence-electron chi connectivity index (χ0n) is 17.3. The van der Waals surface area contributed by atoms with Crippen LogP contribution in [0.5, 0.6) is 0 Å². The predicted molar refractivity (Wildman–Crippen MR) is 110 cm³/mol. The highest BCUT2D eigenvalue weighted by molar-refractivity contribution is 5.92. The van der Waals surface area contributed by atoms with E-state index in [1.807, 2.05) is 0 Å². The van der Waals surface area contributed by atoms with E-state index in [2.05, 4.69) is 10.2 Å². The summed E-state index contributed by atoms with van der Waals surface area (Å²) in [5.74, 6) is -2.14. The number of rotatable bonds is 3. The Balaban J connectivity index is 1.38. The fraction of sp³-hybridized carbons (Fsp3) is 0.364. The van der Waals surface area contributed by atoms with Crippen molar-refractivity contribution in [1.29, 1.82) is 0 Å². The van der Waals surface area contributed by atoms with Crippen molar-refractivity contribution < 1.29 is 27.9 Å². The van der Waals surface area contributed by atoms with Gasteiger partial charge in [0.15, 0.2) is 5.65 Å². The molecule has 172 valence electrons. The molecule has 1 saturated carbocycles. The molecular weight excluding hydrogens is 439 g/mol. The van der Waals surface area contributed by atoms with Crippen LogP contribution >= 0.6 is 0 Å². The number of carbonyl (C=O) groups is 2. The summed E-state index contributed by atoms with van der Waals surface area (Å²) in [5, 5.41) is 17.1. The SMILES string of the molecule is N[C@]12C[C@@H](c3ccccc3C(F)(F)F)C[C@H]1CN(C(=O)c1nnc3ccc(C(=O)O)cn13)C2. The third-order valence-electron chi connectivity index (χ3n) is 6.77. The molecule has 1 saturated heterocycles. The highest BCUT2D eigenvalue weighted by Crippen LogP contribution is 2.50. The Hall–Kier alpha value is -3.47. The first kappa shape index (κ1) is 21.4. The summed E-state index contributed by atoms with van der Waals surface area (Å²) in [6.07, 6.45) is -2.39. The smallest absolute Gasteiger partial charge is 0.416 e. The first-order chi connectivity index (χ1) is 15.6. The summed E-state index contributed by atoms with van der Waals surface area (Å²) in [4.78, 5) is 26.0. The van der Waals surface area contributed by atoms with Crippen LogP contribution in [-0.2, 0) is 6.18 Å². The number of likely N-dealkylation sites (tertiary alicyclic amines) is 1. The van der Waals surface area contributed by atoms with Gasteiger partial charge in [0.25, 0.3) is 5.91 Å². The molecule has 0 bridgehead atoms. The molecule has 2 aromatic heterocycles. The molecule has 3 atom stereocenters. The monoisotopic (exact) mass is 459 g/mol. The molecule has 0 radical (unpaired) electrons. The number of amides is 1. The highest BCUT2D eigenvalue weighted by atomic mass is 19.4. The number of fused-ring (bicyclic) bond motifs is 2. The Kier molecular flexibility index (Phi) is 4.71. The molecule has 0 spiro atoms. The maximum absolute atomic E-state index is 13.5. The second-order valence-corrected chi connectivity index (χ2v) is 8.81. The summed E-state index contributed by atoms with van der Waals surface area (Å²) in [6, 6.07) is 8.39. The molecule has 1 aliphatic carbocycles. The first-order valence-electron chi connectivity index (χ1n) is 10.4. The lowest BCUT2D eigenvalue weighted by atomic mass is 9.89. The Labute approximate surface area is 185 Å². The number of carboxylic acids is 1. The molecule has 2 aliphatic rings. The summed E-state index contributed by atoms with van der Waals surface area (Å²) in [5.41, 5.74) is 5.71. The van der Waals surface area contributed by atoms with Crippen LogP contribution < -0.4 is 5.73 Å². The molecule has 0 unspecified atom stereocenters. The van der Waals surface area contributed by atoms with Crippen molar-refractivity contribution in [3.8, 4) is 0 Å². The van der Waals surface area contributed by atoms with Gasteiger partial charge in [0.2, 0.25) is 5.82 Å². The number of aromatic nitrogens is 3. The number of halogens is 3. The van der Waals surface area contributed by atoms with E-state index in [9.17, 15) is 27.9 Å². The van der Waals surface area contributed by atoms with Gasteiger partial charge in [-0.15, -0.1) is 10.2 Å². The standard InChI is InChI=1S/C22H20F3N5O3/c23-22(24,25)16-4-2-1-3-15(16)13-7-14-10-29(11-21(14,26)8-13)19(31)18-28-27-17-6-5-12(20(32)33)9-30(17)18/h1-6,9,13-14H,7-8,10-11,26H2,(H,32,33)/t13-,14-,21-/m0/s1. The number of hydrogen-bond acceptors (Lipinski definition) is 5. The lowest BCUT2D eigenvalue weighted by Gasteiger charge is -2.25. The van der Waals surface area contributed by atoms with Gasteiger partial charge in [-0.3, -0.25) is 9.20 Å². The number of aromatic carboxylic acids is 1. The van der Waals surface area contributed by atoms with Crippen molar-refractivity contribution in [1.82, 2.24) is 19.5 Å². The van der Waals surface area contributed by atoms with Crippen LogP contribution in [0, 0.1) is 5.92 Å².